The molecule has 1 aliphatic heterocycles. The summed E-state index contributed by atoms with van der Waals surface area (Å²) in [5.41, 5.74) is 0. The maximum atomic E-state index is 8.34. The van der Waals surface area contributed by atoms with Gasteiger partial charge in [0.2, 0.25) is 0 Å². The first-order valence-electron chi connectivity index (χ1n) is 2.60. The highest BCUT2D eigenvalue weighted by atomic mass is 15.3. The van der Waals surface area contributed by atoms with Crippen molar-refractivity contribution in [3.05, 3.63) is 25.2 Å². The molecule has 3 nitrogen and oxygen atoms in total. The summed E-state index contributed by atoms with van der Waals surface area (Å²) in [6.07, 6.45) is 7.17. The van der Waals surface area contributed by atoms with E-state index in [0.29, 0.717) is 6.67 Å². The van der Waals surface area contributed by atoms with Crippen LogP contribution < -0.4 is 0 Å². The minimum atomic E-state index is 0.597. The molecule has 0 N–H and O–H groups in total. The van der Waals surface area contributed by atoms with Crippen LogP contribution in [0.15, 0.2) is 25.2 Å². The second-order valence-electron chi connectivity index (χ2n) is 1.71. The van der Waals surface area contributed by atoms with Crippen molar-refractivity contribution >= 4 is 0 Å². The molecule has 0 amide bonds. The lowest BCUT2D eigenvalue weighted by Gasteiger charge is -2.08. The van der Waals surface area contributed by atoms with Crippen molar-refractivity contribution in [2.24, 2.45) is 0 Å². The summed E-state index contributed by atoms with van der Waals surface area (Å²) in [4.78, 5) is 3.34. The zero-order chi connectivity index (χ0) is 6.69. The van der Waals surface area contributed by atoms with Gasteiger partial charge in [0.1, 0.15) is 6.67 Å². The molecule has 0 saturated carbocycles. The second kappa shape index (κ2) is 2.23. The first-order valence-corrected chi connectivity index (χ1v) is 2.60. The molecule has 0 unspecified atom stereocenters. The van der Waals surface area contributed by atoms with Crippen molar-refractivity contribution in [3.8, 4) is 6.19 Å². The fourth-order valence-corrected chi connectivity index (χ4v) is 0.620. The fraction of sp³-hybridized carbons (Fsp3) is 0.167. The molecule has 1 heterocycles. The Morgan fingerprint density at radius 3 is 2.78 bits per heavy atom. The SMILES string of the molecule is C=CN1C=CN(C#N)C1. The van der Waals surface area contributed by atoms with Crippen LogP contribution in [0.2, 0.25) is 0 Å². The summed E-state index contributed by atoms with van der Waals surface area (Å²) in [5.74, 6) is 0. The maximum absolute atomic E-state index is 8.34. The highest BCUT2D eigenvalue weighted by Crippen LogP contribution is 2.03. The first-order chi connectivity index (χ1) is 4.36. The Bertz CT molecular complexity index is 177. The van der Waals surface area contributed by atoms with Crippen LogP contribution in [0.25, 0.3) is 0 Å². The van der Waals surface area contributed by atoms with E-state index in [1.807, 2.05) is 11.1 Å². The van der Waals surface area contributed by atoms with E-state index < -0.39 is 0 Å². The smallest absolute Gasteiger partial charge is 0.185 e. The van der Waals surface area contributed by atoms with Gasteiger partial charge < -0.3 is 4.90 Å². The van der Waals surface area contributed by atoms with Crippen LogP contribution in [0.1, 0.15) is 0 Å². The van der Waals surface area contributed by atoms with Crippen LogP contribution in [0.3, 0.4) is 0 Å². The Hall–Kier alpha value is -1.43. The Balaban J connectivity index is 2.51. The van der Waals surface area contributed by atoms with Crippen molar-refractivity contribution in [2.45, 2.75) is 0 Å². The average Bonchev–Trinajstić information content (AvgIpc) is 2.34. The Kier molecular flexibility index (Phi) is 1.41. The number of rotatable bonds is 1. The van der Waals surface area contributed by atoms with Crippen LogP contribution in [0.5, 0.6) is 0 Å². The number of nitriles is 1. The van der Waals surface area contributed by atoms with Crippen LogP contribution in [0.4, 0.5) is 0 Å². The number of hydrogen-bond acceptors (Lipinski definition) is 3. The molecule has 0 aromatic rings. The molecule has 0 fully saturated rings. The van der Waals surface area contributed by atoms with Crippen molar-refractivity contribution in [1.82, 2.24) is 9.80 Å². The van der Waals surface area contributed by atoms with Crippen LogP contribution in [0, 0.1) is 11.5 Å². The third-order valence-corrected chi connectivity index (χ3v) is 1.12. The number of hydrogen-bond donors (Lipinski definition) is 0. The van der Waals surface area contributed by atoms with E-state index in [2.05, 4.69) is 6.58 Å². The number of nitrogens with zero attached hydrogens (tertiary/aromatic N) is 3. The van der Waals surface area contributed by atoms with Crippen LogP contribution >= 0.6 is 0 Å². The summed E-state index contributed by atoms with van der Waals surface area (Å²) < 4.78 is 0. The van der Waals surface area contributed by atoms with Gasteiger partial charge >= 0.3 is 0 Å². The zero-order valence-corrected chi connectivity index (χ0v) is 4.99. The molecule has 3 heteroatoms. The zero-order valence-electron chi connectivity index (χ0n) is 4.99. The predicted molar refractivity (Wildman–Crippen MR) is 33.5 cm³/mol. The van der Waals surface area contributed by atoms with E-state index in [4.69, 9.17) is 5.26 Å². The average molecular weight is 121 g/mol. The van der Waals surface area contributed by atoms with Gasteiger partial charge in [0.25, 0.3) is 0 Å². The molecule has 0 aliphatic carbocycles. The lowest BCUT2D eigenvalue weighted by molar-refractivity contribution is 0.403. The standard InChI is InChI=1S/C6H7N3/c1-2-8-3-4-9(5-7)6-8/h2-4H,1,6H2. The Labute approximate surface area is 54.1 Å². The van der Waals surface area contributed by atoms with Gasteiger partial charge in [0.15, 0.2) is 6.19 Å². The van der Waals surface area contributed by atoms with E-state index in [1.165, 1.54) is 4.90 Å². The van der Waals surface area contributed by atoms with Gasteiger partial charge in [-0.2, -0.15) is 5.26 Å². The molecule has 1 rings (SSSR count). The van der Waals surface area contributed by atoms with E-state index in [-0.39, 0.29) is 0 Å². The highest BCUT2D eigenvalue weighted by molar-refractivity contribution is 4.99. The lowest BCUT2D eigenvalue weighted by Crippen LogP contribution is -2.16. The minimum Gasteiger partial charge on any atom is -0.334 e. The van der Waals surface area contributed by atoms with Crippen molar-refractivity contribution in [2.75, 3.05) is 6.67 Å². The van der Waals surface area contributed by atoms with Gasteiger partial charge in [0.05, 0.1) is 0 Å². The fourth-order valence-electron chi connectivity index (χ4n) is 0.620. The molecular formula is C6H7N3. The minimum absolute atomic E-state index is 0.597. The normalized spacial score (nSPS) is 15.9. The van der Waals surface area contributed by atoms with E-state index in [9.17, 15) is 0 Å². The van der Waals surface area contributed by atoms with Gasteiger partial charge in [-0.1, -0.05) is 6.58 Å². The van der Waals surface area contributed by atoms with E-state index >= 15 is 0 Å². The van der Waals surface area contributed by atoms with Gasteiger partial charge in [-0.15, -0.1) is 0 Å². The van der Waals surface area contributed by atoms with E-state index in [0.717, 1.165) is 0 Å². The molecule has 0 radical (unpaired) electrons. The third-order valence-electron chi connectivity index (χ3n) is 1.12. The molecule has 9 heavy (non-hydrogen) atoms. The van der Waals surface area contributed by atoms with E-state index in [1.54, 1.807) is 18.6 Å². The summed E-state index contributed by atoms with van der Waals surface area (Å²) in [7, 11) is 0. The van der Waals surface area contributed by atoms with Crippen molar-refractivity contribution in [1.29, 1.82) is 5.26 Å². The largest absolute Gasteiger partial charge is 0.334 e. The Morgan fingerprint density at radius 1 is 1.67 bits per heavy atom. The quantitative estimate of drug-likeness (QED) is 0.477. The topological polar surface area (TPSA) is 30.3 Å². The van der Waals surface area contributed by atoms with Gasteiger partial charge in [-0.3, -0.25) is 4.90 Å². The van der Waals surface area contributed by atoms with Crippen LogP contribution in [-0.4, -0.2) is 16.5 Å². The second-order valence-corrected chi connectivity index (χ2v) is 1.71. The summed E-state index contributed by atoms with van der Waals surface area (Å²) >= 11 is 0. The van der Waals surface area contributed by atoms with Crippen LogP contribution in [-0.2, 0) is 0 Å². The molecule has 0 aromatic carbocycles. The first kappa shape index (κ1) is 5.70. The Morgan fingerprint density at radius 2 is 2.44 bits per heavy atom. The summed E-state index contributed by atoms with van der Waals surface area (Å²) in [6, 6.07) is 0. The molecule has 0 spiro atoms. The van der Waals surface area contributed by atoms with Crippen molar-refractivity contribution < 1.29 is 0 Å². The molecule has 0 bridgehead atoms. The van der Waals surface area contributed by atoms with Gasteiger partial charge in [-0.25, -0.2) is 0 Å². The third kappa shape index (κ3) is 1.03. The molecule has 0 saturated heterocycles. The molecule has 0 aromatic heterocycles. The molecule has 46 valence electrons. The lowest BCUT2D eigenvalue weighted by atomic mass is 10.8. The van der Waals surface area contributed by atoms with Gasteiger partial charge in [-0.05, 0) is 6.20 Å². The maximum Gasteiger partial charge on any atom is 0.185 e. The molecule has 0 atom stereocenters. The summed E-state index contributed by atoms with van der Waals surface area (Å²) in [5, 5.41) is 8.34. The summed E-state index contributed by atoms with van der Waals surface area (Å²) in [6.45, 7) is 4.15. The predicted octanol–water partition coefficient (Wildman–Crippen LogP) is 0.657. The molecule has 1 aliphatic rings. The monoisotopic (exact) mass is 121 g/mol. The van der Waals surface area contributed by atoms with Crippen molar-refractivity contribution in [3.63, 3.8) is 0 Å². The molecular weight excluding hydrogens is 114 g/mol. The van der Waals surface area contributed by atoms with Gasteiger partial charge in [0, 0.05) is 12.4 Å². The highest BCUT2D eigenvalue weighted by Gasteiger charge is 2.06.